The molecule has 1 aromatic carbocycles. The molecule has 5 heteroatoms. The molecule has 0 aromatic heterocycles. The van der Waals surface area contributed by atoms with Crippen molar-refractivity contribution in [1.82, 2.24) is 4.90 Å². The molecule has 4 nitrogen and oxygen atoms in total. The van der Waals surface area contributed by atoms with E-state index >= 15 is 0 Å². The summed E-state index contributed by atoms with van der Waals surface area (Å²) >= 11 is 0.887. The molecule has 90 valence electrons. The Morgan fingerprint density at radius 2 is 1.65 bits per heavy atom. The number of rotatable bonds is 3. The van der Waals surface area contributed by atoms with Crippen LogP contribution >= 0.6 is 11.8 Å². The van der Waals surface area contributed by atoms with Gasteiger partial charge >= 0.3 is 0 Å². The van der Waals surface area contributed by atoms with Crippen LogP contribution < -0.4 is 0 Å². The van der Waals surface area contributed by atoms with E-state index < -0.39 is 0 Å². The zero-order valence-corrected chi connectivity index (χ0v) is 10.7. The lowest BCUT2D eigenvalue weighted by Crippen LogP contribution is -2.16. The first-order valence-electron chi connectivity index (χ1n) is 4.93. The second kappa shape index (κ2) is 5.63. The molecule has 0 heterocycles. The third-order valence-electron chi connectivity index (χ3n) is 2.10. The average Bonchev–Trinajstić information content (AvgIpc) is 2.30. The van der Waals surface area contributed by atoms with Gasteiger partial charge in [-0.2, -0.15) is 0 Å². The molecule has 0 aliphatic carbocycles. The largest absolute Gasteiger partial charge is 0.339 e. The van der Waals surface area contributed by atoms with E-state index in [1.807, 2.05) is 0 Å². The Hall–Kier alpha value is -1.62. The minimum Gasteiger partial charge on any atom is -0.339 e. The van der Waals surface area contributed by atoms with Gasteiger partial charge in [-0.05, 0) is 36.4 Å². The van der Waals surface area contributed by atoms with Crippen molar-refractivity contribution in [1.29, 1.82) is 0 Å². The molecule has 0 atom stereocenters. The van der Waals surface area contributed by atoms with Crippen LogP contribution in [-0.2, 0) is 0 Å². The summed E-state index contributed by atoms with van der Waals surface area (Å²) < 4.78 is 0. The fraction of sp³-hybridized carbons (Fsp3) is 0.250. The number of aryl methyl sites for hydroxylation is 1. The van der Waals surface area contributed by atoms with Crippen molar-refractivity contribution in [2.75, 3.05) is 14.1 Å². The van der Waals surface area contributed by atoms with Gasteiger partial charge in [-0.1, -0.05) is 0 Å². The molecule has 0 N–H and O–H groups in total. The zero-order chi connectivity index (χ0) is 13.0. The average molecular weight is 251 g/mol. The Labute approximate surface area is 104 Å². The minimum absolute atomic E-state index is 0.222. The third-order valence-corrected chi connectivity index (χ3v) is 3.31. The second-order valence-corrected chi connectivity index (χ2v) is 4.73. The van der Waals surface area contributed by atoms with Crippen molar-refractivity contribution in [2.45, 2.75) is 11.8 Å². The first-order valence-corrected chi connectivity index (χ1v) is 5.75. The molecule has 0 aliphatic heterocycles. The smallest absolute Gasteiger partial charge is 0.285 e. The highest BCUT2D eigenvalue weighted by atomic mass is 32.2. The maximum Gasteiger partial charge on any atom is 0.285 e. The van der Waals surface area contributed by atoms with Crippen LogP contribution in [0, 0.1) is 6.92 Å². The van der Waals surface area contributed by atoms with Crippen LogP contribution in [0.2, 0.25) is 0 Å². The molecule has 0 aliphatic rings. The Morgan fingerprint density at radius 3 is 2.00 bits per heavy atom. The molecule has 0 unspecified atom stereocenters. The van der Waals surface area contributed by atoms with Crippen LogP contribution in [0.3, 0.4) is 0 Å². The number of hydrogen-bond donors (Lipinski definition) is 0. The maximum atomic E-state index is 11.6. The van der Waals surface area contributed by atoms with Gasteiger partial charge in [-0.25, -0.2) is 0 Å². The minimum atomic E-state index is -0.222. The molecule has 0 fully saturated rings. The SMILES string of the molecule is Cc1cc(C=O)c(SC(=O)N(C)C)c(C=O)c1. The predicted octanol–water partition coefficient (Wildman–Crippen LogP) is 2.39. The number of nitrogens with zero attached hydrogens (tertiary/aromatic N) is 1. The number of amides is 1. The first-order chi connectivity index (χ1) is 7.99. The lowest BCUT2D eigenvalue weighted by molar-refractivity contribution is 0.112. The summed E-state index contributed by atoms with van der Waals surface area (Å²) in [7, 11) is 3.23. The predicted molar refractivity (Wildman–Crippen MR) is 66.9 cm³/mol. The van der Waals surface area contributed by atoms with Crippen LogP contribution in [0.4, 0.5) is 4.79 Å². The number of hydrogen-bond acceptors (Lipinski definition) is 4. The van der Waals surface area contributed by atoms with Gasteiger partial charge in [0.25, 0.3) is 5.24 Å². The number of thioether (sulfide) groups is 1. The molecule has 1 amide bonds. The molecule has 0 saturated heterocycles. The summed E-state index contributed by atoms with van der Waals surface area (Å²) in [6.07, 6.45) is 1.32. The fourth-order valence-electron chi connectivity index (χ4n) is 1.30. The molecule has 17 heavy (non-hydrogen) atoms. The van der Waals surface area contributed by atoms with E-state index in [4.69, 9.17) is 0 Å². The van der Waals surface area contributed by atoms with Gasteiger partial charge < -0.3 is 4.90 Å². The second-order valence-electron chi connectivity index (χ2n) is 3.77. The summed E-state index contributed by atoms with van der Waals surface area (Å²) in [5.74, 6) is 0. The van der Waals surface area contributed by atoms with Gasteiger partial charge in [0.05, 0.1) is 0 Å². The Bertz CT molecular complexity index is 440. The van der Waals surface area contributed by atoms with Gasteiger partial charge in [-0.3, -0.25) is 14.4 Å². The topological polar surface area (TPSA) is 54.5 Å². The van der Waals surface area contributed by atoms with E-state index in [9.17, 15) is 14.4 Å². The highest BCUT2D eigenvalue weighted by Gasteiger charge is 2.15. The van der Waals surface area contributed by atoms with Gasteiger partial charge in [-0.15, -0.1) is 0 Å². The molecule has 1 rings (SSSR count). The first kappa shape index (κ1) is 13.4. The van der Waals surface area contributed by atoms with Gasteiger partial charge in [0.2, 0.25) is 0 Å². The monoisotopic (exact) mass is 251 g/mol. The van der Waals surface area contributed by atoms with Gasteiger partial charge in [0.1, 0.15) is 0 Å². The fourth-order valence-corrected chi connectivity index (χ4v) is 2.11. The quantitative estimate of drug-likeness (QED) is 0.611. The zero-order valence-electron chi connectivity index (χ0n) is 9.89. The van der Waals surface area contributed by atoms with E-state index in [-0.39, 0.29) is 5.24 Å². The van der Waals surface area contributed by atoms with Crippen LogP contribution in [0.5, 0.6) is 0 Å². The summed E-state index contributed by atoms with van der Waals surface area (Å²) in [6, 6.07) is 3.32. The molecule has 0 spiro atoms. The number of aldehydes is 2. The Kier molecular flexibility index (Phi) is 4.45. The lowest BCUT2D eigenvalue weighted by atomic mass is 10.1. The van der Waals surface area contributed by atoms with Crippen LogP contribution in [-0.4, -0.2) is 36.8 Å². The van der Waals surface area contributed by atoms with E-state index in [2.05, 4.69) is 0 Å². The van der Waals surface area contributed by atoms with E-state index in [0.717, 1.165) is 17.3 Å². The molecule has 0 saturated carbocycles. The number of carbonyl (C=O) groups excluding carboxylic acids is 3. The van der Waals surface area contributed by atoms with E-state index in [1.54, 1.807) is 33.2 Å². The normalized spacial score (nSPS) is 9.82. The molecule has 0 radical (unpaired) electrons. The third kappa shape index (κ3) is 3.17. The van der Waals surface area contributed by atoms with Crippen molar-refractivity contribution < 1.29 is 14.4 Å². The van der Waals surface area contributed by atoms with Crippen molar-refractivity contribution in [3.63, 3.8) is 0 Å². The summed E-state index contributed by atoms with van der Waals surface area (Å²) in [5, 5.41) is -0.222. The maximum absolute atomic E-state index is 11.6. The van der Waals surface area contributed by atoms with Crippen molar-refractivity contribution >= 4 is 29.6 Å². The Morgan fingerprint density at radius 1 is 1.18 bits per heavy atom. The standard InChI is InChI=1S/C12H13NO3S/c1-8-4-9(6-14)11(10(5-8)7-15)17-12(16)13(2)3/h4-7H,1-3H3. The van der Waals surface area contributed by atoms with Gasteiger partial charge in [0, 0.05) is 30.1 Å². The summed E-state index contributed by atoms with van der Waals surface area (Å²) in [4.78, 5) is 35.3. The van der Waals surface area contributed by atoms with Crippen molar-refractivity contribution in [3.05, 3.63) is 28.8 Å². The highest BCUT2D eigenvalue weighted by molar-refractivity contribution is 8.13. The van der Waals surface area contributed by atoms with Crippen LogP contribution in [0.25, 0.3) is 0 Å². The number of carbonyl (C=O) groups is 3. The lowest BCUT2D eigenvalue weighted by Gasteiger charge is -2.12. The highest BCUT2D eigenvalue weighted by Crippen LogP contribution is 2.28. The van der Waals surface area contributed by atoms with E-state index in [0.29, 0.717) is 28.6 Å². The van der Waals surface area contributed by atoms with Crippen LogP contribution in [0.15, 0.2) is 17.0 Å². The van der Waals surface area contributed by atoms with Crippen molar-refractivity contribution in [2.24, 2.45) is 0 Å². The number of benzene rings is 1. The molecular formula is C12H13NO3S. The van der Waals surface area contributed by atoms with Crippen molar-refractivity contribution in [3.8, 4) is 0 Å². The van der Waals surface area contributed by atoms with Crippen LogP contribution in [0.1, 0.15) is 26.3 Å². The van der Waals surface area contributed by atoms with E-state index in [1.165, 1.54) is 4.90 Å². The summed E-state index contributed by atoms with van der Waals surface area (Å²) in [6.45, 7) is 1.79. The molecule has 1 aromatic rings. The summed E-state index contributed by atoms with van der Waals surface area (Å²) in [5.41, 5.74) is 1.55. The molecule has 0 bridgehead atoms. The Balaban J connectivity index is 3.24. The molecular weight excluding hydrogens is 238 g/mol. The van der Waals surface area contributed by atoms with Gasteiger partial charge in [0.15, 0.2) is 12.6 Å².